The van der Waals surface area contributed by atoms with Crippen molar-refractivity contribution < 1.29 is 14.1 Å². The van der Waals surface area contributed by atoms with Gasteiger partial charge in [0.2, 0.25) is 5.91 Å². The van der Waals surface area contributed by atoms with E-state index < -0.39 is 0 Å². The number of morpholine rings is 1. The lowest BCUT2D eigenvalue weighted by Gasteiger charge is -2.27. The maximum Gasteiger partial charge on any atom is 0.225 e. The number of hydrogen-bond donors (Lipinski definition) is 1. The minimum Gasteiger partial charge on any atom is -0.375 e. The monoisotopic (exact) mass is 279 g/mol. The lowest BCUT2D eigenvalue weighted by atomic mass is 10.1. The zero-order valence-corrected chi connectivity index (χ0v) is 11.8. The number of ether oxygens (including phenoxy) is 1. The van der Waals surface area contributed by atoms with Crippen LogP contribution in [0.5, 0.6) is 0 Å². The first kappa shape index (κ1) is 13.6. The Morgan fingerprint density at radius 1 is 1.60 bits per heavy atom. The topological polar surface area (TPSA) is 67.6 Å². The molecule has 0 aromatic carbocycles. The first-order valence-corrected chi connectivity index (χ1v) is 7.29. The van der Waals surface area contributed by atoms with Gasteiger partial charge in [-0.1, -0.05) is 5.16 Å². The van der Waals surface area contributed by atoms with Crippen LogP contribution in [0.2, 0.25) is 0 Å². The highest BCUT2D eigenvalue weighted by molar-refractivity contribution is 5.77. The molecule has 6 nitrogen and oxygen atoms in total. The van der Waals surface area contributed by atoms with Gasteiger partial charge in [-0.3, -0.25) is 4.79 Å². The van der Waals surface area contributed by atoms with Gasteiger partial charge in [0.25, 0.3) is 0 Å². The van der Waals surface area contributed by atoms with Crippen LogP contribution >= 0.6 is 0 Å². The largest absolute Gasteiger partial charge is 0.375 e. The molecule has 2 atom stereocenters. The van der Waals surface area contributed by atoms with Crippen LogP contribution < -0.4 is 5.32 Å². The average Bonchev–Trinajstić information content (AvgIpc) is 3.08. The maximum absolute atomic E-state index is 12.5. The fourth-order valence-electron chi connectivity index (χ4n) is 2.96. The minimum atomic E-state index is -0.00559. The van der Waals surface area contributed by atoms with Gasteiger partial charge in [-0.15, -0.1) is 0 Å². The van der Waals surface area contributed by atoms with Gasteiger partial charge in [-0.2, -0.15) is 0 Å². The molecule has 2 aliphatic rings. The molecule has 0 bridgehead atoms. The first-order valence-electron chi connectivity index (χ1n) is 7.29. The molecule has 2 unspecified atom stereocenters. The molecule has 20 heavy (non-hydrogen) atoms. The molecule has 2 fully saturated rings. The smallest absolute Gasteiger partial charge is 0.225 e. The standard InChI is InChI=1S/C14H21N3O3/c1-10-7-13(20-16-10)12-3-2-5-17(12)14(18)8-11-9-15-4-6-19-11/h7,11-12,15H,2-6,8-9H2,1H3. The first-order chi connectivity index (χ1) is 9.74. The van der Waals surface area contributed by atoms with E-state index in [0.717, 1.165) is 43.9 Å². The Hall–Kier alpha value is -1.40. The molecule has 1 aromatic rings. The second kappa shape index (κ2) is 5.93. The van der Waals surface area contributed by atoms with Gasteiger partial charge < -0.3 is 19.5 Å². The van der Waals surface area contributed by atoms with Crippen LogP contribution in [0.15, 0.2) is 10.6 Å². The van der Waals surface area contributed by atoms with E-state index >= 15 is 0 Å². The summed E-state index contributed by atoms with van der Waals surface area (Å²) < 4.78 is 10.9. The van der Waals surface area contributed by atoms with Crippen molar-refractivity contribution in [1.29, 1.82) is 0 Å². The van der Waals surface area contributed by atoms with Crippen LogP contribution in [0.25, 0.3) is 0 Å². The molecule has 0 spiro atoms. The molecular formula is C14H21N3O3. The van der Waals surface area contributed by atoms with Gasteiger partial charge in [0.1, 0.15) is 0 Å². The lowest BCUT2D eigenvalue weighted by Crippen LogP contribution is -2.42. The zero-order valence-electron chi connectivity index (χ0n) is 11.8. The Bertz CT molecular complexity index is 468. The molecule has 3 rings (SSSR count). The zero-order chi connectivity index (χ0) is 13.9. The summed E-state index contributed by atoms with van der Waals surface area (Å²) in [6.07, 6.45) is 2.40. The molecule has 0 saturated carbocycles. The van der Waals surface area contributed by atoms with Crippen LogP contribution in [0.4, 0.5) is 0 Å². The fourth-order valence-corrected chi connectivity index (χ4v) is 2.96. The number of carbonyl (C=O) groups excluding carboxylic acids is 1. The summed E-state index contributed by atoms with van der Waals surface area (Å²) in [6, 6.07) is 1.97. The summed E-state index contributed by atoms with van der Waals surface area (Å²) in [6.45, 7) is 5.00. The Labute approximate surface area is 118 Å². The molecule has 1 aromatic heterocycles. The van der Waals surface area contributed by atoms with Crippen molar-refractivity contribution in [3.05, 3.63) is 17.5 Å². The molecule has 1 N–H and O–H groups in total. The average molecular weight is 279 g/mol. The molecule has 2 saturated heterocycles. The summed E-state index contributed by atoms with van der Waals surface area (Å²) in [4.78, 5) is 14.4. The number of rotatable bonds is 3. The Morgan fingerprint density at radius 2 is 2.50 bits per heavy atom. The Balaban J connectivity index is 1.63. The van der Waals surface area contributed by atoms with Gasteiger partial charge in [0.05, 0.1) is 30.9 Å². The van der Waals surface area contributed by atoms with Gasteiger partial charge >= 0.3 is 0 Å². The lowest BCUT2D eigenvalue weighted by molar-refractivity contribution is -0.136. The normalized spacial score (nSPS) is 26.9. The van der Waals surface area contributed by atoms with Crippen molar-refractivity contribution in [2.24, 2.45) is 0 Å². The van der Waals surface area contributed by atoms with E-state index in [1.54, 1.807) is 0 Å². The number of aromatic nitrogens is 1. The van der Waals surface area contributed by atoms with Gasteiger partial charge in [-0.05, 0) is 19.8 Å². The van der Waals surface area contributed by atoms with E-state index in [2.05, 4.69) is 10.5 Å². The van der Waals surface area contributed by atoms with Gasteiger partial charge in [-0.25, -0.2) is 0 Å². The maximum atomic E-state index is 12.5. The summed E-state index contributed by atoms with van der Waals surface area (Å²) in [5.74, 6) is 0.950. The third-order valence-corrected chi connectivity index (χ3v) is 3.95. The summed E-state index contributed by atoms with van der Waals surface area (Å²) in [5, 5.41) is 7.18. The second-order valence-electron chi connectivity index (χ2n) is 5.52. The molecule has 0 aliphatic carbocycles. The molecule has 1 amide bonds. The minimum absolute atomic E-state index is 0.00559. The van der Waals surface area contributed by atoms with E-state index in [1.165, 1.54) is 0 Å². The highest BCUT2D eigenvalue weighted by Gasteiger charge is 2.33. The summed E-state index contributed by atoms with van der Waals surface area (Å²) >= 11 is 0. The van der Waals surface area contributed by atoms with Crippen LogP contribution in [0.3, 0.4) is 0 Å². The number of likely N-dealkylation sites (tertiary alicyclic amines) is 1. The van der Waals surface area contributed by atoms with E-state index in [4.69, 9.17) is 9.26 Å². The highest BCUT2D eigenvalue weighted by Crippen LogP contribution is 2.32. The SMILES string of the molecule is Cc1cc(C2CCCN2C(=O)CC2CNCCO2)on1. The van der Waals surface area contributed by atoms with Crippen molar-refractivity contribution in [2.45, 2.75) is 38.3 Å². The van der Waals surface area contributed by atoms with Crippen molar-refractivity contribution in [3.8, 4) is 0 Å². The van der Waals surface area contributed by atoms with Gasteiger partial charge in [0.15, 0.2) is 5.76 Å². The van der Waals surface area contributed by atoms with Crippen molar-refractivity contribution in [2.75, 3.05) is 26.2 Å². The van der Waals surface area contributed by atoms with Crippen molar-refractivity contribution in [3.63, 3.8) is 0 Å². The quantitative estimate of drug-likeness (QED) is 0.895. The van der Waals surface area contributed by atoms with E-state index in [1.807, 2.05) is 17.9 Å². The fraction of sp³-hybridized carbons (Fsp3) is 0.714. The van der Waals surface area contributed by atoms with E-state index in [-0.39, 0.29) is 18.1 Å². The van der Waals surface area contributed by atoms with E-state index in [9.17, 15) is 4.79 Å². The third-order valence-electron chi connectivity index (χ3n) is 3.95. The molecular weight excluding hydrogens is 258 g/mol. The predicted octanol–water partition coefficient (Wildman–Crippen LogP) is 1.03. The molecule has 3 heterocycles. The Kier molecular flexibility index (Phi) is 4.03. The second-order valence-corrected chi connectivity index (χ2v) is 5.52. The molecule has 6 heteroatoms. The number of nitrogens with one attached hydrogen (secondary N) is 1. The van der Waals surface area contributed by atoms with Crippen LogP contribution in [0.1, 0.15) is 36.8 Å². The summed E-state index contributed by atoms with van der Waals surface area (Å²) in [5.41, 5.74) is 0.860. The van der Waals surface area contributed by atoms with E-state index in [0.29, 0.717) is 13.0 Å². The number of carbonyl (C=O) groups is 1. The molecule has 0 radical (unpaired) electrons. The van der Waals surface area contributed by atoms with Crippen LogP contribution in [0, 0.1) is 6.92 Å². The number of amides is 1. The number of nitrogens with zero attached hydrogens (tertiary/aromatic N) is 2. The van der Waals surface area contributed by atoms with Gasteiger partial charge in [0, 0.05) is 25.7 Å². The Morgan fingerprint density at radius 3 is 3.20 bits per heavy atom. The van der Waals surface area contributed by atoms with Crippen LogP contribution in [-0.4, -0.2) is 48.3 Å². The molecule has 2 aliphatic heterocycles. The summed E-state index contributed by atoms with van der Waals surface area (Å²) in [7, 11) is 0. The highest BCUT2D eigenvalue weighted by atomic mass is 16.5. The number of aryl methyl sites for hydroxylation is 1. The molecule has 110 valence electrons. The van der Waals surface area contributed by atoms with Crippen molar-refractivity contribution >= 4 is 5.91 Å². The van der Waals surface area contributed by atoms with Crippen molar-refractivity contribution in [1.82, 2.24) is 15.4 Å². The third kappa shape index (κ3) is 2.86. The van der Waals surface area contributed by atoms with Crippen LogP contribution in [-0.2, 0) is 9.53 Å². The predicted molar refractivity (Wildman–Crippen MR) is 72.2 cm³/mol. The number of hydrogen-bond acceptors (Lipinski definition) is 5.